The van der Waals surface area contributed by atoms with Gasteiger partial charge in [-0.2, -0.15) is 0 Å². The van der Waals surface area contributed by atoms with Gasteiger partial charge in [-0.1, -0.05) is 23.8 Å². The molecule has 0 aliphatic heterocycles. The number of carbonyl (C=O) groups excluding carboxylic acids is 2. The van der Waals surface area contributed by atoms with Crippen molar-refractivity contribution in [3.8, 4) is 0 Å². The first-order valence-corrected chi connectivity index (χ1v) is 10.7. The van der Waals surface area contributed by atoms with Gasteiger partial charge in [0.25, 0.3) is 0 Å². The Morgan fingerprint density at radius 2 is 1.67 bits per heavy atom. The van der Waals surface area contributed by atoms with E-state index in [0.29, 0.717) is 5.69 Å². The smallest absolute Gasteiger partial charge is 0.238 e. The molecular formula is C18H21N3O4S2. The quantitative estimate of drug-likeness (QED) is 0.651. The molecule has 0 aliphatic rings. The fraction of sp³-hybridized carbons (Fsp3) is 0.222. The van der Waals surface area contributed by atoms with E-state index in [9.17, 15) is 18.0 Å². The predicted molar refractivity (Wildman–Crippen MR) is 108 cm³/mol. The fourth-order valence-electron chi connectivity index (χ4n) is 2.32. The second-order valence-electron chi connectivity index (χ2n) is 5.98. The molecule has 0 bridgehead atoms. The van der Waals surface area contributed by atoms with E-state index < -0.39 is 10.0 Å². The highest BCUT2D eigenvalue weighted by molar-refractivity contribution is 8.00. The van der Waals surface area contributed by atoms with Gasteiger partial charge in [-0.15, -0.1) is 11.8 Å². The van der Waals surface area contributed by atoms with Gasteiger partial charge < -0.3 is 10.6 Å². The maximum Gasteiger partial charge on any atom is 0.238 e. The Morgan fingerprint density at radius 3 is 2.30 bits per heavy atom. The molecule has 144 valence electrons. The molecule has 2 aromatic carbocycles. The van der Waals surface area contributed by atoms with Crippen molar-refractivity contribution in [2.75, 3.05) is 22.1 Å². The summed E-state index contributed by atoms with van der Waals surface area (Å²) < 4.78 is 22.7. The third kappa shape index (κ3) is 6.70. The number of carbonyl (C=O) groups is 2. The average Bonchev–Trinajstić information content (AvgIpc) is 2.57. The van der Waals surface area contributed by atoms with Crippen LogP contribution in [0.4, 0.5) is 11.4 Å². The summed E-state index contributed by atoms with van der Waals surface area (Å²) >= 11 is 1.16. The minimum atomic E-state index is -3.83. The van der Waals surface area contributed by atoms with Crippen molar-refractivity contribution in [2.24, 2.45) is 5.14 Å². The third-order valence-electron chi connectivity index (χ3n) is 3.57. The Bertz CT molecular complexity index is 959. The van der Waals surface area contributed by atoms with Crippen LogP contribution in [0.2, 0.25) is 0 Å². The Hall–Kier alpha value is -2.36. The topological polar surface area (TPSA) is 118 Å². The lowest BCUT2D eigenvalue weighted by molar-refractivity contribution is -0.114. The highest BCUT2D eigenvalue weighted by Crippen LogP contribution is 2.17. The standard InChI is InChI=1S/C18H21N3O4S2/c1-12-6-7-16(13(2)8-12)21-18(23)11-26-10-17(22)20-14-4-3-5-15(9-14)27(19,24)25/h3-9H,10-11H2,1-2H3,(H,20,22)(H,21,23)(H2,19,24,25). The van der Waals surface area contributed by atoms with E-state index in [1.807, 2.05) is 32.0 Å². The molecule has 2 amide bonds. The lowest BCUT2D eigenvalue weighted by Gasteiger charge is -2.09. The molecule has 0 aromatic heterocycles. The summed E-state index contributed by atoms with van der Waals surface area (Å²) in [5.41, 5.74) is 3.16. The third-order valence-corrected chi connectivity index (χ3v) is 5.41. The summed E-state index contributed by atoms with van der Waals surface area (Å²) in [5.74, 6) is -0.362. The molecule has 27 heavy (non-hydrogen) atoms. The molecular weight excluding hydrogens is 386 g/mol. The lowest BCUT2D eigenvalue weighted by atomic mass is 10.1. The van der Waals surface area contributed by atoms with Gasteiger partial charge in [-0.05, 0) is 43.7 Å². The van der Waals surface area contributed by atoms with Gasteiger partial charge in [0, 0.05) is 11.4 Å². The molecule has 0 atom stereocenters. The molecule has 9 heteroatoms. The van der Waals surface area contributed by atoms with Crippen LogP contribution in [0.5, 0.6) is 0 Å². The number of rotatable bonds is 7. The Kier molecular flexibility index (Phi) is 7.00. The maximum atomic E-state index is 12.0. The molecule has 0 aliphatic carbocycles. The minimum absolute atomic E-state index is 0.0555. The van der Waals surface area contributed by atoms with Crippen molar-refractivity contribution in [1.29, 1.82) is 0 Å². The van der Waals surface area contributed by atoms with Crippen LogP contribution >= 0.6 is 11.8 Å². The summed E-state index contributed by atoms with van der Waals surface area (Å²) in [6.07, 6.45) is 0. The average molecular weight is 408 g/mol. The van der Waals surface area contributed by atoms with Gasteiger partial charge in [0.15, 0.2) is 0 Å². The van der Waals surface area contributed by atoms with Crippen molar-refractivity contribution < 1.29 is 18.0 Å². The number of hydrogen-bond acceptors (Lipinski definition) is 5. The first-order valence-electron chi connectivity index (χ1n) is 8.03. The van der Waals surface area contributed by atoms with Crippen LogP contribution in [0.1, 0.15) is 11.1 Å². The molecule has 0 saturated carbocycles. The lowest BCUT2D eigenvalue weighted by Crippen LogP contribution is -2.19. The predicted octanol–water partition coefficient (Wildman–Crippen LogP) is 2.26. The summed E-state index contributed by atoms with van der Waals surface area (Å²) in [7, 11) is -3.83. The van der Waals surface area contributed by atoms with Crippen LogP contribution < -0.4 is 15.8 Å². The highest BCUT2D eigenvalue weighted by atomic mass is 32.2. The number of thioether (sulfide) groups is 1. The summed E-state index contributed by atoms with van der Waals surface area (Å²) in [5, 5.41) is 10.5. The number of sulfonamides is 1. The van der Waals surface area contributed by atoms with E-state index in [0.717, 1.165) is 28.6 Å². The highest BCUT2D eigenvalue weighted by Gasteiger charge is 2.11. The van der Waals surface area contributed by atoms with Gasteiger partial charge >= 0.3 is 0 Å². The number of aryl methyl sites for hydroxylation is 2. The van der Waals surface area contributed by atoms with E-state index >= 15 is 0 Å². The molecule has 7 nitrogen and oxygen atoms in total. The van der Waals surface area contributed by atoms with Crippen LogP contribution in [-0.4, -0.2) is 31.7 Å². The Labute approximate surface area is 162 Å². The van der Waals surface area contributed by atoms with Crippen LogP contribution in [-0.2, 0) is 19.6 Å². The number of nitrogens with two attached hydrogens (primary N) is 1. The van der Waals surface area contributed by atoms with Gasteiger partial charge in [0.1, 0.15) is 0 Å². The zero-order valence-corrected chi connectivity index (χ0v) is 16.6. The molecule has 2 rings (SSSR count). The molecule has 0 radical (unpaired) electrons. The van der Waals surface area contributed by atoms with Crippen molar-refractivity contribution in [3.05, 3.63) is 53.6 Å². The molecule has 0 saturated heterocycles. The molecule has 2 aromatic rings. The van der Waals surface area contributed by atoms with Crippen LogP contribution in [0, 0.1) is 13.8 Å². The van der Waals surface area contributed by atoms with Gasteiger partial charge in [0.05, 0.1) is 16.4 Å². The number of hydrogen-bond donors (Lipinski definition) is 3. The van der Waals surface area contributed by atoms with E-state index in [-0.39, 0.29) is 28.2 Å². The maximum absolute atomic E-state index is 12.0. The van der Waals surface area contributed by atoms with Crippen molar-refractivity contribution in [2.45, 2.75) is 18.7 Å². The first-order chi connectivity index (χ1) is 12.6. The van der Waals surface area contributed by atoms with Crippen LogP contribution in [0.15, 0.2) is 47.4 Å². The number of benzene rings is 2. The zero-order chi connectivity index (χ0) is 20.0. The van der Waals surface area contributed by atoms with E-state index in [2.05, 4.69) is 10.6 Å². The van der Waals surface area contributed by atoms with Crippen LogP contribution in [0.25, 0.3) is 0 Å². The molecule has 0 fully saturated rings. The van der Waals surface area contributed by atoms with E-state index in [1.54, 1.807) is 6.07 Å². The van der Waals surface area contributed by atoms with Gasteiger partial charge in [-0.3, -0.25) is 9.59 Å². The molecule has 0 unspecified atom stereocenters. The number of amides is 2. The van der Waals surface area contributed by atoms with Crippen molar-refractivity contribution >= 4 is 45.0 Å². The number of anilines is 2. The van der Waals surface area contributed by atoms with Gasteiger partial charge in [0.2, 0.25) is 21.8 Å². The summed E-state index contributed by atoms with van der Waals surface area (Å²) in [4.78, 5) is 23.9. The largest absolute Gasteiger partial charge is 0.325 e. The Morgan fingerprint density at radius 1 is 1.00 bits per heavy atom. The van der Waals surface area contributed by atoms with E-state index in [1.165, 1.54) is 18.2 Å². The molecule has 0 heterocycles. The summed E-state index contributed by atoms with van der Waals surface area (Å²) in [6, 6.07) is 11.4. The minimum Gasteiger partial charge on any atom is -0.325 e. The fourth-order valence-corrected chi connectivity index (χ4v) is 3.50. The number of nitrogens with one attached hydrogen (secondary N) is 2. The van der Waals surface area contributed by atoms with Crippen molar-refractivity contribution in [1.82, 2.24) is 0 Å². The first kappa shape index (κ1) is 20.9. The SMILES string of the molecule is Cc1ccc(NC(=O)CSCC(=O)Nc2cccc(S(N)(=O)=O)c2)c(C)c1. The molecule has 0 spiro atoms. The second kappa shape index (κ2) is 9.03. The van der Waals surface area contributed by atoms with Crippen molar-refractivity contribution in [3.63, 3.8) is 0 Å². The summed E-state index contributed by atoms with van der Waals surface area (Å²) in [6.45, 7) is 3.89. The zero-order valence-electron chi connectivity index (χ0n) is 15.0. The monoisotopic (exact) mass is 407 g/mol. The molecule has 4 N–H and O–H groups in total. The normalized spacial score (nSPS) is 11.1. The van der Waals surface area contributed by atoms with Crippen LogP contribution in [0.3, 0.4) is 0 Å². The second-order valence-corrected chi connectivity index (χ2v) is 8.53. The number of primary sulfonamides is 1. The Balaban J connectivity index is 1.81. The van der Waals surface area contributed by atoms with Gasteiger partial charge in [-0.25, -0.2) is 13.6 Å². The van der Waals surface area contributed by atoms with E-state index in [4.69, 9.17) is 5.14 Å².